The van der Waals surface area contributed by atoms with E-state index in [0.717, 1.165) is 19.3 Å². The molecule has 1 saturated heterocycles. The molecule has 5 heteroatoms. The average molecular weight is 294 g/mol. The number of aliphatic carboxylic acids is 1. The summed E-state index contributed by atoms with van der Waals surface area (Å²) in [5.74, 6) is -0.400. The lowest BCUT2D eigenvalue weighted by molar-refractivity contribution is -0.142. The van der Waals surface area contributed by atoms with Crippen LogP contribution < -0.4 is 0 Å². The molecule has 3 atom stereocenters. The van der Waals surface area contributed by atoms with Gasteiger partial charge in [0.25, 0.3) is 0 Å². The molecule has 0 bridgehead atoms. The SMILES string of the molecule is C=CCN(C(=O)N1CC2CCCC2C1C(=O)O)C(C)(C)C. The summed E-state index contributed by atoms with van der Waals surface area (Å²) < 4.78 is 0. The molecule has 0 radical (unpaired) electrons. The molecular formula is C16H26N2O3. The van der Waals surface area contributed by atoms with Crippen molar-refractivity contribution in [3.8, 4) is 0 Å². The van der Waals surface area contributed by atoms with Crippen LogP contribution in [-0.4, -0.2) is 51.6 Å². The average Bonchev–Trinajstić information content (AvgIpc) is 2.92. The Morgan fingerprint density at radius 2 is 2.05 bits per heavy atom. The highest BCUT2D eigenvalue weighted by atomic mass is 16.4. The minimum atomic E-state index is -0.870. The number of rotatable bonds is 3. The number of nitrogens with zero attached hydrogens (tertiary/aromatic N) is 2. The Balaban J connectivity index is 2.24. The van der Waals surface area contributed by atoms with E-state index in [9.17, 15) is 14.7 Å². The molecule has 1 aliphatic heterocycles. The van der Waals surface area contributed by atoms with Crippen LogP contribution >= 0.6 is 0 Å². The van der Waals surface area contributed by atoms with Gasteiger partial charge in [0.2, 0.25) is 0 Å². The minimum absolute atomic E-state index is 0.122. The first-order valence-electron chi connectivity index (χ1n) is 7.69. The molecule has 0 aromatic carbocycles. The molecule has 1 saturated carbocycles. The number of carbonyl (C=O) groups is 2. The lowest BCUT2D eigenvalue weighted by Gasteiger charge is -2.39. The van der Waals surface area contributed by atoms with E-state index in [1.165, 1.54) is 0 Å². The second kappa shape index (κ2) is 5.70. The van der Waals surface area contributed by atoms with Crippen LogP contribution in [0.5, 0.6) is 0 Å². The van der Waals surface area contributed by atoms with Gasteiger partial charge in [-0.25, -0.2) is 9.59 Å². The fourth-order valence-electron chi connectivity index (χ4n) is 3.74. The number of fused-ring (bicyclic) bond motifs is 1. The molecule has 118 valence electrons. The van der Waals surface area contributed by atoms with Crippen molar-refractivity contribution in [3.05, 3.63) is 12.7 Å². The molecule has 21 heavy (non-hydrogen) atoms. The fourth-order valence-corrected chi connectivity index (χ4v) is 3.74. The van der Waals surface area contributed by atoms with Gasteiger partial charge in [-0.3, -0.25) is 0 Å². The number of hydrogen-bond donors (Lipinski definition) is 1. The van der Waals surface area contributed by atoms with Gasteiger partial charge in [-0.05, 0) is 45.4 Å². The molecular weight excluding hydrogens is 268 g/mol. The summed E-state index contributed by atoms with van der Waals surface area (Å²) >= 11 is 0. The Morgan fingerprint density at radius 1 is 1.38 bits per heavy atom. The third-order valence-electron chi connectivity index (χ3n) is 4.74. The van der Waals surface area contributed by atoms with Crippen LogP contribution in [0.2, 0.25) is 0 Å². The first-order valence-corrected chi connectivity index (χ1v) is 7.69. The maximum atomic E-state index is 12.9. The van der Waals surface area contributed by atoms with Gasteiger partial charge >= 0.3 is 12.0 Å². The predicted octanol–water partition coefficient (Wildman–Crippen LogP) is 2.58. The van der Waals surface area contributed by atoms with Gasteiger partial charge < -0.3 is 14.9 Å². The highest BCUT2D eigenvalue weighted by molar-refractivity contribution is 5.84. The van der Waals surface area contributed by atoms with Crippen molar-refractivity contribution in [3.63, 3.8) is 0 Å². The minimum Gasteiger partial charge on any atom is -0.480 e. The van der Waals surface area contributed by atoms with Crippen LogP contribution in [0, 0.1) is 11.8 Å². The van der Waals surface area contributed by atoms with Crippen molar-refractivity contribution in [2.45, 2.75) is 51.6 Å². The van der Waals surface area contributed by atoms with Gasteiger partial charge in [0, 0.05) is 18.6 Å². The van der Waals surface area contributed by atoms with Crippen molar-refractivity contribution >= 4 is 12.0 Å². The molecule has 0 aromatic rings. The second-order valence-corrected chi connectivity index (χ2v) is 7.14. The van der Waals surface area contributed by atoms with E-state index in [4.69, 9.17) is 0 Å². The molecule has 0 spiro atoms. The first-order chi connectivity index (χ1) is 9.77. The number of carboxylic acid groups (broad SMARTS) is 1. The van der Waals surface area contributed by atoms with E-state index in [1.807, 2.05) is 20.8 Å². The summed E-state index contributed by atoms with van der Waals surface area (Å²) in [5.41, 5.74) is -0.355. The Morgan fingerprint density at radius 3 is 2.57 bits per heavy atom. The van der Waals surface area contributed by atoms with Crippen molar-refractivity contribution < 1.29 is 14.7 Å². The zero-order valence-corrected chi connectivity index (χ0v) is 13.2. The van der Waals surface area contributed by atoms with Gasteiger partial charge in [0.05, 0.1) is 0 Å². The van der Waals surface area contributed by atoms with Crippen molar-refractivity contribution in [2.75, 3.05) is 13.1 Å². The number of carbonyl (C=O) groups excluding carboxylic acids is 1. The number of likely N-dealkylation sites (tertiary alicyclic amines) is 1. The van der Waals surface area contributed by atoms with Gasteiger partial charge in [-0.2, -0.15) is 0 Å². The van der Waals surface area contributed by atoms with Crippen LogP contribution in [0.1, 0.15) is 40.0 Å². The van der Waals surface area contributed by atoms with Crippen molar-refractivity contribution in [2.24, 2.45) is 11.8 Å². The summed E-state index contributed by atoms with van der Waals surface area (Å²) in [6.45, 7) is 10.6. The Labute approximate surface area is 126 Å². The zero-order chi connectivity index (χ0) is 15.8. The number of carboxylic acids is 1. The summed E-state index contributed by atoms with van der Waals surface area (Å²) in [7, 11) is 0. The van der Waals surface area contributed by atoms with Crippen LogP contribution in [0.25, 0.3) is 0 Å². The molecule has 2 aliphatic rings. The van der Waals surface area contributed by atoms with Crippen LogP contribution in [-0.2, 0) is 4.79 Å². The van der Waals surface area contributed by atoms with Crippen LogP contribution in [0.3, 0.4) is 0 Å². The quantitative estimate of drug-likeness (QED) is 0.814. The first kappa shape index (κ1) is 15.9. The van der Waals surface area contributed by atoms with Gasteiger partial charge in [-0.15, -0.1) is 6.58 Å². The van der Waals surface area contributed by atoms with E-state index >= 15 is 0 Å². The molecule has 2 rings (SSSR count). The van der Waals surface area contributed by atoms with E-state index in [-0.39, 0.29) is 17.5 Å². The lowest BCUT2D eigenvalue weighted by Crippen LogP contribution is -2.55. The van der Waals surface area contributed by atoms with Crippen LogP contribution in [0.4, 0.5) is 4.79 Å². The molecule has 1 heterocycles. The van der Waals surface area contributed by atoms with E-state index < -0.39 is 12.0 Å². The topological polar surface area (TPSA) is 60.9 Å². The molecule has 1 aliphatic carbocycles. The van der Waals surface area contributed by atoms with Crippen LogP contribution in [0.15, 0.2) is 12.7 Å². The largest absolute Gasteiger partial charge is 0.480 e. The maximum absolute atomic E-state index is 12.9. The van der Waals surface area contributed by atoms with Crippen molar-refractivity contribution in [1.82, 2.24) is 9.80 Å². The number of urea groups is 1. The molecule has 2 amide bonds. The summed E-state index contributed by atoms with van der Waals surface area (Å²) in [4.78, 5) is 27.8. The smallest absolute Gasteiger partial charge is 0.326 e. The molecule has 5 nitrogen and oxygen atoms in total. The summed E-state index contributed by atoms with van der Waals surface area (Å²) in [5, 5.41) is 9.56. The van der Waals surface area contributed by atoms with E-state index in [2.05, 4.69) is 6.58 Å². The maximum Gasteiger partial charge on any atom is 0.326 e. The Bertz CT molecular complexity index is 441. The second-order valence-electron chi connectivity index (χ2n) is 7.14. The number of amides is 2. The summed E-state index contributed by atoms with van der Waals surface area (Å²) in [6.07, 6.45) is 4.73. The zero-order valence-electron chi connectivity index (χ0n) is 13.2. The van der Waals surface area contributed by atoms with Gasteiger partial charge in [0.15, 0.2) is 0 Å². The standard InChI is InChI=1S/C16H26N2O3/c1-5-9-18(16(2,3)4)15(21)17-10-11-7-6-8-12(11)13(17)14(19)20/h5,11-13H,1,6-10H2,2-4H3,(H,19,20). The van der Waals surface area contributed by atoms with E-state index in [1.54, 1.807) is 15.9 Å². The third-order valence-corrected chi connectivity index (χ3v) is 4.74. The highest BCUT2D eigenvalue weighted by Crippen LogP contribution is 2.42. The highest BCUT2D eigenvalue weighted by Gasteiger charge is 2.50. The Hall–Kier alpha value is -1.52. The lowest BCUT2D eigenvalue weighted by atomic mass is 9.94. The Kier molecular flexibility index (Phi) is 4.30. The molecule has 0 aromatic heterocycles. The fraction of sp³-hybridized carbons (Fsp3) is 0.750. The predicted molar refractivity (Wildman–Crippen MR) is 81.0 cm³/mol. The van der Waals surface area contributed by atoms with Gasteiger partial charge in [0.1, 0.15) is 6.04 Å². The van der Waals surface area contributed by atoms with Crippen molar-refractivity contribution in [1.29, 1.82) is 0 Å². The molecule has 2 fully saturated rings. The number of hydrogen-bond acceptors (Lipinski definition) is 2. The van der Waals surface area contributed by atoms with E-state index in [0.29, 0.717) is 19.0 Å². The monoisotopic (exact) mass is 294 g/mol. The third kappa shape index (κ3) is 2.92. The van der Waals surface area contributed by atoms with Gasteiger partial charge in [-0.1, -0.05) is 12.5 Å². The molecule has 3 unspecified atom stereocenters. The normalized spacial score (nSPS) is 28.3. The summed E-state index contributed by atoms with van der Waals surface area (Å²) in [6, 6.07) is -0.844. The molecule has 1 N–H and O–H groups in total.